The van der Waals surface area contributed by atoms with Gasteiger partial charge in [0.2, 0.25) is 0 Å². The van der Waals surface area contributed by atoms with E-state index in [2.05, 4.69) is 15.4 Å². The molecule has 0 saturated heterocycles. The summed E-state index contributed by atoms with van der Waals surface area (Å²) in [5.41, 5.74) is 2.60. The van der Waals surface area contributed by atoms with Crippen LogP contribution in [0, 0.1) is 0 Å². The van der Waals surface area contributed by atoms with E-state index in [1.165, 1.54) is 11.8 Å². The van der Waals surface area contributed by atoms with Gasteiger partial charge in [0.05, 0.1) is 11.1 Å². The molecule has 0 fully saturated rings. The second-order valence-electron chi connectivity index (χ2n) is 4.03. The first-order valence-corrected chi connectivity index (χ1v) is 7.76. The Balaban J connectivity index is 1.86. The number of para-hydroxylation sites is 1. The van der Waals surface area contributed by atoms with E-state index in [1.807, 2.05) is 23.6 Å². The van der Waals surface area contributed by atoms with Crippen LogP contribution in [0.5, 0.6) is 5.75 Å². The lowest BCUT2D eigenvalue weighted by molar-refractivity contribution is 0.462. The summed E-state index contributed by atoms with van der Waals surface area (Å²) in [5.74, 6) is 7.64. The van der Waals surface area contributed by atoms with E-state index in [0.717, 1.165) is 15.1 Å². The third-order valence-electron chi connectivity index (χ3n) is 2.73. The van der Waals surface area contributed by atoms with Gasteiger partial charge in [-0.25, -0.2) is 15.8 Å². The third-order valence-corrected chi connectivity index (χ3v) is 4.60. The average Bonchev–Trinajstić information content (AvgIpc) is 2.94. The molecule has 3 rings (SSSR count). The summed E-state index contributed by atoms with van der Waals surface area (Å²) in [6.07, 6.45) is 0. The number of anilines is 1. The van der Waals surface area contributed by atoms with Crippen molar-refractivity contribution in [2.24, 2.45) is 5.84 Å². The zero-order valence-corrected chi connectivity index (χ0v) is 12.0. The molecule has 7 heteroatoms. The SMILES string of the molecule is NNc1nc(CSc2ccccc2O)nc2sccc12. The zero-order chi connectivity index (χ0) is 13.9. The first-order chi connectivity index (χ1) is 9.78. The van der Waals surface area contributed by atoms with Crippen LogP contribution >= 0.6 is 23.1 Å². The molecule has 3 aromatic rings. The number of aromatic hydroxyl groups is 1. The highest BCUT2D eigenvalue weighted by Crippen LogP contribution is 2.31. The molecule has 2 heterocycles. The van der Waals surface area contributed by atoms with Crippen LogP contribution in [0.3, 0.4) is 0 Å². The van der Waals surface area contributed by atoms with Gasteiger partial charge in [0.1, 0.15) is 16.4 Å². The van der Waals surface area contributed by atoms with Crippen LogP contribution in [0.1, 0.15) is 5.82 Å². The van der Waals surface area contributed by atoms with Crippen molar-refractivity contribution in [2.75, 3.05) is 5.43 Å². The molecule has 1 aromatic carbocycles. The lowest BCUT2D eigenvalue weighted by Crippen LogP contribution is -2.10. The lowest BCUT2D eigenvalue weighted by Gasteiger charge is -2.06. The molecule has 0 unspecified atom stereocenters. The number of nitrogens with two attached hydrogens (primary N) is 1. The van der Waals surface area contributed by atoms with Crippen LogP contribution in [-0.2, 0) is 5.75 Å². The Morgan fingerprint density at radius 3 is 2.90 bits per heavy atom. The predicted octanol–water partition coefficient (Wildman–Crippen LogP) is 2.97. The van der Waals surface area contributed by atoms with Crippen molar-refractivity contribution in [3.05, 3.63) is 41.5 Å². The zero-order valence-electron chi connectivity index (χ0n) is 10.4. The van der Waals surface area contributed by atoms with Crippen LogP contribution in [0.15, 0.2) is 40.6 Å². The first kappa shape index (κ1) is 13.2. The molecule has 5 nitrogen and oxygen atoms in total. The van der Waals surface area contributed by atoms with E-state index >= 15 is 0 Å². The normalized spacial score (nSPS) is 10.8. The minimum atomic E-state index is 0.270. The minimum absolute atomic E-state index is 0.270. The van der Waals surface area contributed by atoms with Crippen molar-refractivity contribution < 1.29 is 5.11 Å². The third kappa shape index (κ3) is 2.55. The number of aromatic nitrogens is 2. The topological polar surface area (TPSA) is 84.1 Å². The molecule has 102 valence electrons. The Morgan fingerprint density at radius 1 is 1.25 bits per heavy atom. The van der Waals surface area contributed by atoms with Gasteiger partial charge in [-0.2, -0.15) is 0 Å². The number of fused-ring (bicyclic) bond motifs is 1. The van der Waals surface area contributed by atoms with Gasteiger partial charge in [-0.05, 0) is 23.6 Å². The summed E-state index contributed by atoms with van der Waals surface area (Å²) < 4.78 is 0. The van der Waals surface area contributed by atoms with Crippen molar-refractivity contribution in [2.45, 2.75) is 10.6 Å². The maximum atomic E-state index is 9.74. The van der Waals surface area contributed by atoms with Gasteiger partial charge in [-0.1, -0.05) is 12.1 Å². The number of nitrogens with zero attached hydrogens (tertiary/aromatic N) is 2. The number of nitrogen functional groups attached to an aromatic ring is 1. The number of phenols is 1. The molecule has 0 aliphatic heterocycles. The highest BCUT2D eigenvalue weighted by atomic mass is 32.2. The summed E-state index contributed by atoms with van der Waals surface area (Å²) in [5, 5.41) is 12.6. The second kappa shape index (κ2) is 5.66. The molecule has 20 heavy (non-hydrogen) atoms. The Bertz CT molecular complexity index is 744. The van der Waals surface area contributed by atoms with Gasteiger partial charge < -0.3 is 10.5 Å². The van der Waals surface area contributed by atoms with Gasteiger partial charge >= 0.3 is 0 Å². The van der Waals surface area contributed by atoms with Crippen molar-refractivity contribution in [3.63, 3.8) is 0 Å². The molecule has 0 aliphatic carbocycles. The molecule has 0 spiro atoms. The van der Waals surface area contributed by atoms with Crippen molar-refractivity contribution >= 4 is 39.1 Å². The maximum Gasteiger partial charge on any atom is 0.152 e. The molecule has 0 amide bonds. The average molecular weight is 304 g/mol. The summed E-state index contributed by atoms with van der Waals surface area (Å²) in [7, 11) is 0. The van der Waals surface area contributed by atoms with Crippen LogP contribution in [0.25, 0.3) is 10.2 Å². The molecular weight excluding hydrogens is 292 g/mol. The second-order valence-corrected chi connectivity index (χ2v) is 5.94. The van der Waals surface area contributed by atoms with Gasteiger partial charge in [-0.3, -0.25) is 0 Å². The number of thiophene rings is 1. The molecule has 0 aliphatic rings. The Hall–Kier alpha value is -1.83. The van der Waals surface area contributed by atoms with Crippen LogP contribution in [0.2, 0.25) is 0 Å². The molecule has 0 atom stereocenters. The number of thioether (sulfide) groups is 1. The quantitative estimate of drug-likeness (QED) is 0.390. The number of rotatable bonds is 4. The highest BCUT2D eigenvalue weighted by Gasteiger charge is 2.09. The van der Waals surface area contributed by atoms with Gasteiger partial charge in [-0.15, -0.1) is 23.1 Å². The molecule has 4 N–H and O–H groups in total. The Morgan fingerprint density at radius 2 is 2.10 bits per heavy atom. The van der Waals surface area contributed by atoms with Crippen molar-refractivity contribution in [3.8, 4) is 5.75 Å². The lowest BCUT2D eigenvalue weighted by atomic mass is 10.3. The monoisotopic (exact) mass is 304 g/mol. The standard InChI is InChI=1S/C13H12N4OS2/c14-17-12-8-5-6-19-13(8)16-11(15-12)7-20-10-4-2-1-3-9(10)18/h1-6,18H,7,14H2,(H,15,16,17). The molecule has 0 saturated carbocycles. The van der Waals surface area contributed by atoms with E-state index in [9.17, 15) is 5.11 Å². The fraction of sp³-hybridized carbons (Fsp3) is 0.0769. The minimum Gasteiger partial charge on any atom is -0.507 e. The molecule has 2 aromatic heterocycles. The molecule has 0 bridgehead atoms. The van der Waals surface area contributed by atoms with Gasteiger partial charge in [0, 0.05) is 4.90 Å². The maximum absolute atomic E-state index is 9.74. The summed E-state index contributed by atoms with van der Waals surface area (Å²) in [6.45, 7) is 0. The largest absolute Gasteiger partial charge is 0.507 e. The molecule has 0 radical (unpaired) electrons. The predicted molar refractivity (Wildman–Crippen MR) is 82.9 cm³/mol. The van der Waals surface area contributed by atoms with Crippen LogP contribution in [-0.4, -0.2) is 15.1 Å². The van der Waals surface area contributed by atoms with E-state index < -0.39 is 0 Å². The van der Waals surface area contributed by atoms with Crippen LogP contribution in [0.4, 0.5) is 5.82 Å². The summed E-state index contributed by atoms with van der Waals surface area (Å²) in [4.78, 5) is 10.6. The number of benzene rings is 1. The van der Waals surface area contributed by atoms with Crippen molar-refractivity contribution in [1.29, 1.82) is 0 Å². The Kier molecular flexibility index (Phi) is 3.72. The smallest absolute Gasteiger partial charge is 0.152 e. The van der Waals surface area contributed by atoms with E-state index in [1.54, 1.807) is 23.5 Å². The fourth-order valence-electron chi connectivity index (χ4n) is 1.80. The van der Waals surface area contributed by atoms with E-state index in [4.69, 9.17) is 5.84 Å². The summed E-state index contributed by atoms with van der Waals surface area (Å²) >= 11 is 3.04. The van der Waals surface area contributed by atoms with Gasteiger partial charge in [0.25, 0.3) is 0 Å². The van der Waals surface area contributed by atoms with E-state index in [0.29, 0.717) is 17.4 Å². The van der Waals surface area contributed by atoms with Crippen LogP contribution < -0.4 is 11.3 Å². The Labute approximate surface area is 123 Å². The number of nitrogens with one attached hydrogen (secondary N) is 1. The fourth-order valence-corrected chi connectivity index (χ4v) is 3.38. The first-order valence-electron chi connectivity index (χ1n) is 5.89. The number of phenolic OH excluding ortho intramolecular Hbond substituents is 1. The number of hydrogen-bond acceptors (Lipinski definition) is 7. The van der Waals surface area contributed by atoms with Crippen molar-refractivity contribution in [1.82, 2.24) is 9.97 Å². The summed E-state index contributed by atoms with van der Waals surface area (Å²) in [6, 6.07) is 9.15. The van der Waals surface area contributed by atoms with E-state index in [-0.39, 0.29) is 5.75 Å². The number of hydrazine groups is 1. The van der Waals surface area contributed by atoms with Gasteiger partial charge in [0.15, 0.2) is 5.82 Å². The number of hydrogen-bond donors (Lipinski definition) is 3. The highest BCUT2D eigenvalue weighted by molar-refractivity contribution is 7.98. The molecular formula is C13H12N4OS2.